The van der Waals surface area contributed by atoms with Gasteiger partial charge >= 0.3 is 12.3 Å². The highest BCUT2D eigenvalue weighted by atomic mass is 19.4. The highest BCUT2D eigenvalue weighted by molar-refractivity contribution is 5.82. The molecule has 246 valence electrons. The summed E-state index contributed by atoms with van der Waals surface area (Å²) in [6, 6.07) is 28.4. The van der Waals surface area contributed by atoms with Crippen LogP contribution in [0.4, 0.5) is 23.8 Å². The molecule has 1 aromatic heterocycles. The van der Waals surface area contributed by atoms with E-state index in [0.717, 1.165) is 73.0 Å². The van der Waals surface area contributed by atoms with Gasteiger partial charge in [-0.05, 0) is 67.3 Å². The van der Waals surface area contributed by atoms with Crippen molar-refractivity contribution in [3.63, 3.8) is 0 Å². The number of carbonyl (C=O) groups is 1. The quantitative estimate of drug-likeness (QED) is 0.170. The number of aromatic nitrogens is 1. The zero-order valence-corrected chi connectivity index (χ0v) is 26.1. The Balaban J connectivity index is 1.06. The molecule has 11 heteroatoms. The average molecular weight is 647 g/mol. The van der Waals surface area contributed by atoms with E-state index in [2.05, 4.69) is 9.80 Å². The van der Waals surface area contributed by atoms with Crippen LogP contribution < -0.4 is 19.7 Å². The van der Waals surface area contributed by atoms with Crippen molar-refractivity contribution in [1.82, 2.24) is 15.2 Å². The van der Waals surface area contributed by atoms with E-state index < -0.39 is 24.4 Å². The Morgan fingerprint density at radius 2 is 1.47 bits per heavy atom. The summed E-state index contributed by atoms with van der Waals surface area (Å²) >= 11 is 0. The normalized spacial score (nSPS) is 15.4. The molecular formula is C36H37F3N4O4. The molecule has 0 radical (unpaired) electrons. The number of alkyl halides is 3. The van der Waals surface area contributed by atoms with E-state index in [9.17, 15) is 18.0 Å². The molecular weight excluding hydrogens is 609 g/mol. The summed E-state index contributed by atoms with van der Waals surface area (Å²) in [6.45, 7) is 2.74. The Bertz CT molecular complexity index is 1630. The predicted octanol–water partition coefficient (Wildman–Crippen LogP) is 7.39. The van der Waals surface area contributed by atoms with Gasteiger partial charge < -0.3 is 24.4 Å². The lowest BCUT2D eigenvalue weighted by molar-refractivity contribution is -0.124. The summed E-state index contributed by atoms with van der Waals surface area (Å²) in [5.41, 5.74) is 2.27. The van der Waals surface area contributed by atoms with Crippen molar-refractivity contribution in [2.75, 3.05) is 51.3 Å². The zero-order valence-electron chi connectivity index (χ0n) is 26.1. The first-order chi connectivity index (χ1) is 22.7. The third-order valence-electron chi connectivity index (χ3n) is 8.65. The van der Waals surface area contributed by atoms with Crippen LogP contribution in [0.3, 0.4) is 0 Å². The van der Waals surface area contributed by atoms with E-state index >= 15 is 0 Å². The summed E-state index contributed by atoms with van der Waals surface area (Å²) < 4.78 is 55.8. The van der Waals surface area contributed by atoms with E-state index in [1.165, 1.54) is 0 Å². The van der Waals surface area contributed by atoms with Crippen LogP contribution >= 0.6 is 0 Å². The zero-order chi connectivity index (χ0) is 32.9. The van der Waals surface area contributed by atoms with Crippen molar-refractivity contribution in [3.8, 4) is 28.5 Å². The molecule has 2 aliphatic rings. The molecule has 1 fully saturated rings. The summed E-state index contributed by atoms with van der Waals surface area (Å²) in [7, 11) is 1.62. The number of hydrogen-bond donors (Lipinski definition) is 1. The fourth-order valence-corrected chi connectivity index (χ4v) is 6.39. The molecule has 2 heterocycles. The van der Waals surface area contributed by atoms with E-state index in [1.54, 1.807) is 7.11 Å². The monoisotopic (exact) mass is 646 g/mol. The molecule has 1 aliphatic carbocycles. The molecule has 1 aliphatic heterocycles. The number of amides is 1. The third kappa shape index (κ3) is 7.46. The average Bonchev–Trinajstić information content (AvgIpc) is 3.35. The number of carbonyl (C=O) groups excluding carboxylic acids is 1. The number of fused-ring (bicyclic) bond motifs is 3. The second kappa shape index (κ2) is 13.9. The molecule has 0 atom stereocenters. The standard InChI is InChI=1S/C36H37F3N4O4/c1-45-26-15-17-27(18-16-26)46-33-14-8-13-32(41-33)43-23-21-42(22-24-43)20-7-6-19-35(47-34(44)40-25-36(37,38)39)30-11-4-2-9-28(30)29-10-3-5-12-31(29)35/h2-5,8-18H,6-7,19-25H2,1H3,(H,40,44). The number of nitrogens with one attached hydrogen (secondary N) is 1. The molecule has 1 amide bonds. The van der Waals surface area contributed by atoms with Crippen LogP contribution in [0.2, 0.25) is 0 Å². The van der Waals surface area contributed by atoms with Crippen molar-refractivity contribution >= 4 is 11.9 Å². The third-order valence-corrected chi connectivity index (χ3v) is 8.65. The van der Waals surface area contributed by atoms with Gasteiger partial charge in [-0.15, -0.1) is 0 Å². The highest BCUT2D eigenvalue weighted by Crippen LogP contribution is 2.52. The van der Waals surface area contributed by atoms with Crippen LogP contribution in [0.1, 0.15) is 30.4 Å². The fraction of sp³-hybridized carbons (Fsp3) is 0.333. The Morgan fingerprint density at radius 1 is 0.830 bits per heavy atom. The molecule has 6 rings (SSSR count). The molecule has 4 aromatic rings. The lowest BCUT2D eigenvalue weighted by Gasteiger charge is -2.36. The van der Waals surface area contributed by atoms with Gasteiger partial charge in [0.1, 0.15) is 23.9 Å². The first kappa shape index (κ1) is 32.2. The molecule has 47 heavy (non-hydrogen) atoms. The second-order valence-corrected chi connectivity index (χ2v) is 11.7. The van der Waals surface area contributed by atoms with E-state index in [0.29, 0.717) is 24.5 Å². The number of pyridine rings is 1. The summed E-state index contributed by atoms with van der Waals surface area (Å²) in [6.07, 6.45) is -3.63. The number of rotatable bonds is 11. The molecule has 0 bridgehead atoms. The summed E-state index contributed by atoms with van der Waals surface area (Å²) in [4.78, 5) is 22.1. The van der Waals surface area contributed by atoms with Gasteiger partial charge in [-0.3, -0.25) is 4.90 Å². The van der Waals surface area contributed by atoms with Gasteiger partial charge in [0.05, 0.1) is 7.11 Å². The van der Waals surface area contributed by atoms with Crippen LogP contribution in [0.25, 0.3) is 11.1 Å². The topological polar surface area (TPSA) is 76.2 Å². The van der Waals surface area contributed by atoms with Gasteiger partial charge in [-0.25, -0.2) is 4.79 Å². The van der Waals surface area contributed by atoms with Crippen LogP contribution in [0.5, 0.6) is 17.4 Å². The SMILES string of the molecule is COc1ccc(Oc2cccc(N3CCN(CCCCC4(OC(=O)NCC(F)(F)F)c5ccccc5-c5ccccc54)CC3)n2)cc1. The molecule has 0 spiro atoms. The molecule has 1 N–H and O–H groups in total. The second-order valence-electron chi connectivity index (χ2n) is 11.7. The first-order valence-electron chi connectivity index (χ1n) is 15.7. The number of unbranched alkanes of at least 4 members (excludes halogenated alkanes) is 1. The number of hydrogen-bond acceptors (Lipinski definition) is 7. The van der Waals surface area contributed by atoms with Crippen LogP contribution in [0, 0.1) is 0 Å². The van der Waals surface area contributed by atoms with Gasteiger partial charge in [0, 0.05) is 43.4 Å². The maximum atomic E-state index is 12.9. The molecule has 1 saturated heterocycles. The molecule has 0 unspecified atom stereocenters. The number of methoxy groups -OCH3 is 1. The number of piperazine rings is 1. The van der Waals surface area contributed by atoms with E-state index in [4.69, 9.17) is 19.2 Å². The number of alkyl carbamates (subject to hydrolysis) is 1. The smallest absolute Gasteiger partial charge is 0.408 e. The first-order valence-corrected chi connectivity index (χ1v) is 15.7. The minimum Gasteiger partial charge on any atom is -0.497 e. The number of benzene rings is 3. The van der Waals surface area contributed by atoms with Crippen LogP contribution in [-0.4, -0.2) is 68.5 Å². The maximum Gasteiger partial charge on any atom is 0.408 e. The Kier molecular flexibility index (Phi) is 9.53. The maximum absolute atomic E-state index is 12.9. The van der Waals surface area contributed by atoms with Crippen molar-refractivity contribution in [2.45, 2.75) is 31.0 Å². The van der Waals surface area contributed by atoms with Crippen LogP contribution in [0.15, 0.2) is 91.0 Å². The number of anilines is 1. The van der Waals surface area contributed by atoms with E-state index in [-0.39, 0.29) is 0 Å². The number of ether oxygens (including phenoxy) is 3. The number of halogens is 3. The fourth-order valence-electron chi connectivity index (χ4n) is 6.39. The summed E-state index contributed by atoms with van der Waals surface area (Å²) in [5.74, 6) is 2.82. The van der Waals surface area contributed by atoms with E-state index in [1.807, 2.05) is 96.3 Å². The van der Waals surface area contributed by atoms with Crippen molar-refractivity contribution in [1.29, 1.82) is 0 Å². The summed E-state index contributed by atoms with van der Waals surface area (Å²) in [5, 5.41) is 1.90. The van der Waals surface area contributed by atoms with Crippen molar-refractivity contribution in [2.24, 2.45) is 0 Å². The van der Waals surface area contributed by atoms with Gasteiger partial charge in [0.15, 0.2) is 5.60 Å². The van der Waals surface area contributed by atoms with Gasteiger partial charge in [-0.2, -0.15) is 18.2 Å². The Labute approximate surface area is 272 Å². The van der Waals surface area contributed by atoms with Gasteiger partial charge in [0.2, 0.25) is 5.88 Å². The van der Waals surface area contributed by atoms with Crippen molar-refractivity contribution in [3.05, 3.63) is 102 Å². The van der Waals surface area contributed by atoms with Gasteiger partial charge in [-0.1, -0.05) is 54.6 Å². The minimum atomic E-state index is -4.54. The molecule has 8 nitrogen and oxygen atoms in total. The lowest BCUT2D eigenvalue weighted by atomic mass is 9.86. The lowest BCUT2D eigenvalue weighted by Crippen LogP contribution is -2.47. The molecule has 0 saturated carbocycles. The Morgan fingerprint density at radius 3 is 2.11 bits per heavy atom. The van der Waals surface area contributed by atoms with Crippen LogP contribution in [-0.2, 0) is 10.3 Å². The predicted molar refractivity (Wildman–Crippen MR) is 173 cm³/mol. The molecule has 3 aromatic carbocycles. The van der Waals surface area contributed by atoms with Gasteiger partial charge in [0.25, 0.3) is 0 Å². The largest absolute Gasteiger partial charge is 0.497 e. The Hall–Kier alpha value is -4.77. The number of nitrogens with zero attached hydrogens (tertiary/aromatic N) is 3. The highest BCUT2D eigenvalue weighted by Gasteiger charge is 2.46. The van der Waals surface area contributed by atoms with Crippen molar-refractivity contribution < 1.29 is 32.2 Å². The minimum absolute atomic E-state index is 0.450.